The molecule has 0 aromatic heterocycles. The standard InChI is InChI=1S/C3H8N2O.C3H4O2/c1-5-3(6)2-4;1-2-3(4)5/h2,4H2,1H3,(H,5,6);2H,1H2,(H,4,5). The van der Waals surface area contributed by atoms with Crippen molar-refractivity contribution in [1.82, 2.24) is 5.32 Å². The molecular formula is C6H12N2O3. The Bertz CT molecular complexity index is 139. The molecule has 11 heavy (non-hydrogen) atoms. The Kier molecular flexibility index (Phi) is 9.68. The molecule has 0 heterocycles. The molecule has 5 nitrogen and oxygen atoms in total. The van der Waals surface area contributed by atoms with Crippen molar-refractivity contribution >= 4 is 11.9 Å². The Morgan fingerprint density at radius 1 is 1.73 bits per heavy atom. The highest BCUT2D eigenvalue weighted by atomic mass is 16.4. The van der Waals surface area contributed by atoms with Crippen LogP contribution in [0.2, 0.25) is 0 Å². The van der Waals surface area contributed by atoms with Crippen LogP contribution in [0, 0.1) is 0 Å². The van der Waals surface area contributed by atoms with Crippen LogP contribution in [0.15, 0.2) is 12.7 Å². The zero-order valence-corrected chi connectivity index (χ0v) is 6.33. The van der Waals surface area contributed by atoms with Crippen molar-refractivity contribution in [2.45, 2.75) is 0 Å². The lowest BCUT2D eigenvalue weighted by molar-refractivity contribution is -0.131. The first-order chi connectivity index (χ1) is 5.08. The van der Waals surface area contributed by atoms with Gasteiger partial charge in [0.15, 0.2) is 0 Å². The van der Waals surface area contributed by atoms with E-state index in [4.69, 9.17) is 10.8 Å². The van der Waals surface area contributed by atoms with E-state index in [2.05, 4.69) is 11.9 Å². The third-order valence-corrected chi connectivity index (χ3v) is 0.639. The van der Waals surface area contributed by atoms with Gasteiger partial charge in [-0.3, -0.25) is 4.79 Å². The predicted octanol–water partition coefficient (Wildman–Crippen LogP) is -1.05. The summed E-state index contributed by atoms with van der Waals surface area (Å²) in [6.07, 6.45) is 0.833. The molecule has 0 aliphatic carbocycles. The van der Waals surface area contributed by atoms with E-state index in [0.29, 0.717) is 0 Å². The largest absolute Gasteiger partial charge is 0.478 e. The molecule has 0 unspecified atom stereocenters. The van der Waals surface area contributed by atoms with E-state index in [1.807, 2.05) is 0 Å². The van der Waals surface area contributed by atoms with Crippen molar-refractivity contribution in [3.8, 4) is 0 Å². The second-order valence-corrected chi connectivity index (χ2v) is 1.42. The normalized spacial score (nSPS) is 7.09. The number of aliphatic carboxylic acids is 1. The van der Waals surface area contributed by atoms with Gasteiger partial charge >= 0.3 is 5.97 Å². The SMILES string of the molecule is C=CC(=O)O.CNC(=O)CN. The van der Waals surface area contributed by atoms with E-state index >= 15 is 0 Å². The fourth-order valence-electron chi connectivity index (χ4n) is 0.102. The highest BCUT2D eigenvalue weighted by Crippen LogP contribution is 1.54. The average Bonchev–Trinajstić information content (AvgIpc) is 2.04. The lowest BCUT2D eigenvalue weighted by Gasteiger charge is -1.87. The van der Waals surface area contributed by atoms with Crippen molar-refractivity contribution in [2.24, 2.45) is 5.73 Å². The maximum absolute atomic E-state index is 9.94. The summed E-state index contributed by atoms with van der Waals surface area (Å²) in [6, 6.07) is 0. The molecule has 64 valence electrons. The highest BCUT2D eigenvalue weighted by Gasteiger charge is 1.84. The molecule has 0 aromatic rings. The molecule has 0 rings (SSSR count). The van der Waals surface area contributed by atoms with Crippen LogP contribution in [-0.4, -0.2) is 30.6 Å². The Labute approximate surface area is 64.9 Å². The highest BCUT2D eigenvalue weighted by molar-refractivity contribution is 5.78. The molecule has 5 heteroatoms. The van der Waals surface area contributed by atoms with Gasteiger partial charge < -0.3 is 16.2 Å². The van der Waals surface area contributed by atoms with Crippen molar-refractivity contribution in [3.05, 3.63) is 12.7 Å². The number of carbonyl (C=O) groups excluding carboxylic acids is 1. The number of amides is 1. The molecule has 0 saturated heterocycles. The van der Waals surface area contributed by atoms with Crippen molar-refractivity contribution in [3.63, 3.8) is 0 Å². The van der Waals surface area contributed by atoms with Crippen LogP contribution < -0.4 is 11.1 Å². The molecule has 0 aliphatic heterocycles. The van der Waals surface area contributed by atoms with Crippen LogP contribution in [0.25, 0.3) is 0 Å². The predicted molar refractivity (Wildman–Crippen MR) is 41.0 cm³/mol. The second-order valence-electron chi connectivity index (χ2n) is 1.42. The summed E-state index contributed by atoms with van der Waals surface area (Å²) in [4.78, 5) is 19.2. The van der Waals surface area contributed by atoms with Gasteiger partial charge in [-0.25, -0.2) is 4.79 Å². The topological polar surface area (TPSA) is 92.4 Å². The quantitative estimate of drug-likeness (QED) is 0.449. The van der Waals surface area contributed by atoms with Crippen LogP contribution in [0.5, 0.6) is 0 Å². The Balaban J connectivity index is 0. The van der Waals surface area contributed by atoms with Crippen LogP contribution in [-0.2, 0) is 9.59 Å². The minimum absolute atomic E-state index is 0.0799. The summed E-state index contributed by atoms with van der Waals surface area (Å²) >= 11 is 0. The first-order valence-corrected chi connectivity index (χ1v) is 2.84. The molecule has 0 saturated carbocycles. The molecule has 0 bridgehead atoms. The molecule has 0 radical (unpaired) electrons. The number of hydrogen-bond acceptors (Lipinski definition) is 3. The van der Waals surface area contributed by atoms with Crippen LogP contribution in [0.3, 0.4) is 0 Å². The molecule has 4 N–H and O–H groups in total. The minimum atomic E-state index is -0.981. The van der Waals surface area contributed by atoms with E-state index < -0.39 is 5.97 Å². The van der Waals surface area contributed by atoms with E-state index in [-0.39, 0.29) is 12.5 Å². The number of carboxylic acids is 1. The van der Waals surface area contributed by atoms with Gasteiger partial charge in [0.1, 0.15) is 0 Å². The number of carboxylic acid groups (broad SMARTS) is 1. The summed E-state index contributed by atoms with van der Waals surface area (Å²) in [6.45, 7) is 3.04. The Hall–Kier alpha value is -1.36. The van der Waals surface area contributed by atoms with E-state index in [0.717, 1.165) is 6.08 Å². The van der Waals surface area contributed by atoms with E-state index in [9.17, 15) is 9.59 Å². The summed E-state index contributed by atoms with van der Waals surface area (Å²) in [5.74, 6) is -1.11. The fraction of sp³-hybridized carbons (Fsp3) is 0.333. The van der Waals surface area contributed by atoms with E-state index in [1.54, 1.807) is 7.05 Å². The van der Waals surface area contributed by atoms with Gasteiger partial charge in [0.25, 0.3) is 0 Å². The molecule has 0 fully saturated rings. The lowest BCUT2D eigenvalue weighted by atomic mass is 10.6. The van der Waals surface area contributed by atoms with E-state index in [1.165, 1.54) is 0 Å². The van der Waals surface area contributed by atoms with Crippen LogP contribution in [0.4, 0.5) is 0 Å². The van der Waals surface area contributed by atoms with Crippen molar-refractivity contribution < 1.29 is 14.7 Å². The van der Waals surface area contributed by atoms with Gasteiger partial charge in [0.05, 0.1) is 6.54 Å². The second kappa shape index (κ2) is 8.64. The summed E-state index contributed by atoms with van der Waals surface area (Å²) in [7, 11) is 1.55. The van der Waals surface area contributed by atoms with Gasteiger partial charge in [0, 0.05) is 13.1 Å². The van der Waals surface area contributed by atoms with Gasteiger partial charge in [-0.15, -0.1) is 0 Å². The maximum Gasteiger partial charge on any atom is 0.327 e. The van der Waals surface area contributed by atoms with Gasteiger partial charge in [-0.05, 0) is 0 Å². The zero-order chi connectivity index (χ0) is 9.28. The number of nitrogens with one attached hydrogen (secondary N) is 1. The lowest BCUT2D eigenvalue weighted by Crippen LogP contribution is -2.26. The smallest absolute Gasteiger partial charge is 0.327 e. The third kappa shape index (κ3) is 17.7. The summed E-state index contributed by atoms with van der Waals surface area (Å²) in [5, 5.41) is 9.95. The Morgan fingerprint density at radius 3 is 2.09 bits per heavy atom. The molecule has 0 aliphatic rings. The summed E-state index contributed by atoms with van der Waals surface area (Å²) in [5.41, 5.74) is 4.87. The summed E-state index contributed by atoms with van der Waals surface area (Å²) < 4.78 is 0. The van der Waals surface area contributed by atoms with Gasteiger partial charge in [0.2, 0.25) is 5.91 Å². The zero-order valence-electron chi connectivity index (χ0n) is 6.33. The molecule has 0 aromatic carbocycles. The minimum Gasteiger partial charge on any atom is -0.478 e. The van der Waals surface area contributed by atoms with Crippen LogP contribution >= 0.6 is 0 Å². The average molecular weight is 160 g/mol. The number of hydrogen-bond donors (Lipinski definition) is 3. The first-order valence-electron chi connectivity index (χ1n) is 2.84. The van der Waals surface area contributed by atoms with Crippen molar-refractivity contribution in [2.75, 3.05) is 13.6 Å². The van der Waals surface area contributed by atoms with Crippen molar-refractivity contribution in [1.29, 1.82) is 0 Å². The third-order valence-electron chi connectivity index (χ3n) is 0.639. The van der Waals surface area contributed by atoms with Gasteiger partial charge in [-0.2, -0.15) is 0 Å². The molecule has 0 atom stereocenters. The molecular weight excluding hydrogens is 148 g/mol. The Morgan fingerprint density at radius 2 is 2.09 bits per heavy atom. The fourth-order valence-corrected chi connectivity index (χ4v) is 0.102. The number of carbonyl (C=O) groups is 2. The van der Waals surface area contributed by atoms with Gasteiger partial charge in [-0.1, -0.05) is 6.58 Å². The number of rotatable bonds is 2. The molecule has 0 spiro atoms. The monoisotopic (exact) mass is 160 g/mol. The molecule has 1 amide bonds. The van der Waals surface area contributed by atoms with Crippen LogP contribution in [0.1, 0.15) is 0 Å². The first kappa shape index (κ1) is 12.3. The number of nitrogens with two attached hydrogens (primary N) is 1. The number of likely N-dealkylation sites (N-methyl/N-ethyl adjacent to an activating group) is 1. The maximum atomic E-state index is 9.94.